The minimum Gasteiger partial charge on any atom is -0.374 e. The first kappa shape index (κ1) is 16.1. The summed E-state index contributed by atoms with van der Waals surface area (Å²) in [7, 11) is 0. The number of nitrogens with one attached hydrogen (secondary N) is 1. The van der Waals surface area contributed by atoms with Gasteiger partial charge in [-0.15, -0.1) is 0 Å². The highest BCUT2D eigenvalue weighted by molar-refractivity contribution is 6.00. The summed E-state index contributed by atoms with van der Waals surface area (Å²) < 4.78 is 28.9. The Bertz CT molecular complexity index is 415. The van der Waals surface area contributed by atoms with Gasteiger partial charge >= 0.3 is 0 Å². The summed E-state index contributed by atoms with van der Waals surface area (Å²) in [4.78, 5) is 26.4. The average molecular weight is 304 g/mol. The molecule has 1 saturated carbocycles. The van der Waals surface area contributed by atoms with E-state index < -0.39 is 24.6 Å². The molecular formula is C14H22F2N2O3. The fourth-order valence-corrected chi connectivity index (χ4v) is 2.91. The van der Waals surface area contributed by atoms with Crippen molar-refractivity contribution in [3.05, 3.63) is 0 Å². The molecule has 1 aliphatic heterocycles. The van der Waals surface area contributed by atoms with Crippen molar-refractivity contribution in [2.45, 2.75) is 51.1 Å². The number of nitrogens with zero attached hydrogens (tertiary/aromatic N) is 1. The first-order valence-electron chi connectivity index (χ1n) is 7.39. The number of alkyl halides is 2. The molecule has 2 rings (SSSR count). The number of carbonyl (C=O) groups is 2. The molecule has 120 valence electrons. The van der Waals surface area contributed by atoms with Crippen LogP contribution in [0.5, 0.6) is 0 Å². The average Bonchev–Trinajstić information content (AvgIpc) is 3.24. The minimum absolute atomic E-state index is 0.0145. The quantitative estimate of drug-likeness (QED) is 0.718. The highest BCUT2D eigenvalue weighted by atomic mass is 19.3. The van der Waals surface area contributed by atoms with Crippen molar-refractivity contribution in [1.29, 1.82) is 0 Å². The van der Waals surface area contributed by atoms with E-state index in [1.54, 1.807) is 6.92 Å². The first-order chi connectivity index (χ1) is 9.90. The zero-order valence-electron chi connectivity index (χ0n) is 12.4. The third-order valence-corrected chi connectivity index (χ3v) is 4.27. The molecule has 5 nitrogen and oxygen atoms in total. The monoisotopic (exact) mass is 304 g/mol. The van der Waals surface area contributed by atoms with Crippen LogP contribution in [0.4, 0.5) is 8.78 Å². The van der Waals surface area contributed by atoms with Crippen molar-refractivity contribution in [2.24, 2.45) is 5.92 Å². The van der Waals surface area contributed by atoms with Gasteiger partial charge in [-0.05, 0) is 32.1 Å². The number of ether oxygens (including phenoxy) is 1. The van der Waals surface area contributed by atoms with Gasteiger partial charge in [0.2, 0.25) is 11.8 Å². The minimum atomic E-state index is -2.52. The SMILES string of the molecule is CCC1C(=O)NC(C)(C2CC2)C(=O)N1CCOCC(F)F. The van der Waals surface area contributed by atoms with Crippen molar-refractivity contribution < 1.29 is 23.1 Å². The highest BCUT2D eigenvalue weighted by Gasteiger charge is 2.54. The van der Waals surface area contributed by atoms with Crippen molar-refractivity contribution in [1.82, 2.24) is 10.2 Å². The van der Waals surface area contributed by atoms with Gasteiger partial charge in [0.1, 0.15) is 18.2 Å². The molecule has 0 aromatic rings. The molecular weight excluding hydrogens is 282 g/mol. The molecule has 1 aliphatic carbocycles. The van der Waals surface area contributed by atoms with Gasteiger partial charge in [0, 0.05) is 6.54 Å². The van der Waals surface area contributed by atoms with Gasteiger partial charge in [0.15, 0.2) is 0 Å². The molecule has 1 saturated heterocycles. The molecule has 0 radical (unpaired) electrons. The summed E-state index contributed by atoms with van der Waals surface area (Å²) in [5.74, 6) is -0.117. The molecule has 1 N–H and O–H groups in total. The maximum atomic E-state index is 12.7. The third kappa shape index (κ3) is 3.33. The van der Waals surface area contributed by atoms with E-state index >= 15 is 0 Å². The van der Waals surface area contributed by atoms with Crippen LogP contribution < -0.4 is 5.32 Å². The van der Waals surface area contributed by atoms with Gasteiger partial charge in [-0.1, -0.05) is 6.92 Å². The van der Waals surface area contributed by atoms with Crippen molar-refractivity contribution in [3.8, 4) is 0 Å². The highest BCUT2D eigenvalue weighted by Crippen LogP contribution is 2.42. The molecule has 0 bridgehead atoms. The number of piperazine rings is 1. The molecule has 2 amide bonds. The zero-order chi connectivity index (χ0) is 15.6. The van der Waals surface area contributed by atoms with Crippen LogP contribution in [-0.4, -0.2) is 54.5 Å². The predicted octanol–water partition coefficient (Wildman–Crippen LogP) is 1.17. The van der Waals surface area contributed by atoms with Gasteiger partial charge < -0.3 is 15.0 Å². The van der Waals surface area contributed by atoms with Gasteiger partial charge in [-0.2, -0.15) is 0 Å². The van der Waals surface area contributed by atoms with Crippen molar-refractivity contribution in [2.75, 3.05) is 19.8 Å². The first-order valence-corrected chi connectivity index (χ1v) is 7.39. The van der Waals surface area contributed by atoms with Gasteiger partial charge in [0.25, 0.3) is 6.43 Å². The van der Waals surface area contributed by atoms with E-state index in [4.69, 9.17) is 4.74 Å². The fraction of sp³-hybridized carbons (Fsp3) is 0.857. The van der Waals surface area contributed by atoms with Crippen molar-refractivity contribution in [3.63, 3.8) is 0 Å². The van der Waals surface area contributed by atoms with E-state index in [2.05, 4.69) is 5.32 Å². The summed E-state index contributed by atoms with van der Waals surface area (Å²) in [5.41, 5.74) is -0.856. The summed E-state index contributed by atoms with van der Waals surface area (Å²) in [6, 6.07) is -0.542. The fourth-order valence-electron chi connectivity index (χ4n) is 2.91. The molecule has 0 aromatic heterocycles. The van der Waals surface area contributed by atoms with Crippen LogP contribution in [0.3, 0.4) is 0 Å². The largest absolute Gasteiger partial charge is 0.374 e. The molecule has 2 aliphatic rings. The number of hydrogen-bond donors (Lipinski definition) is 1. The Morgan fingerprint density at radius 2 is 2.10 bits per heavy atom. The lowest BCUT2D eigenvalue weighted by molar-refractivity contribution is -0.156. The standard InChI is InChI=1S/C14H22F2N2O3/c1-3-10-12(19)17-14(2,9-4-5-9)13(20)18(10)6-7-21-8-11(15)16/h9-11H,3-8H2,1-2H3,(H,17,19). The topological polar surface area (TPSA) is 58.6 Å². The van der Waals surface area contributed by atoms with E-state index in [-0.39, 0.29) is 30.9 Å². The normalized spacial score (nSPS) is 30.0. The Morgan fingerprint density at radius 1 is 1.43 bits per heavy atom. The lowest BCUT2D eigenvalue weighted by Crippen LogP contribution is -2.70. The maximum Gasteiger partial charge on any atom is 0.261 e. The lowest BCUT2D eigenvalue weighted by atomic mass is 9.89. The zero-order valence-corrected chi connectivity index (χ0v) is 12.4. The smallest absolute Gasteiger partial charge is 0.261 e. The molecule has 2 atom stereocenters. The van der Waals surface area contributed by atoms with E-state index in [0.717, 1.165) is 12.8 Å². The second-order valence-corrected chi connectivity index (χ2v) is 5.85. The van der Waals surface area contributed by atoms with E-state index in [0.29, 0.717) is 6.42 Å². The number of amides is 2. The van der Waals surface area contributed by atoms with Crippen LogP contribution >= 0.6 is 0 Å². The Hall–Kier alpha value is -1.24. The number of carbonyl (C=O) groups excluding carboxylic acids is 2. The van der Waals surface area contributed by atoms with Gasteiger partial charge in [0.05, 0.1) is 6.61 Å². The van der Waals surface area contributed by atoms with Gasteiger partial charge in [-0.3, -0.25) is 9.59 Å². The van der Waals surface area contributed by atoms with Crippen molar-refractivity contribution >= 4 is 11.8 Å². The third-order valence-electron chi connectivity index (χ3n) is 4.27. The van der Waals surface area contributed by atoms with Crippen LogP contribution in [0.15, 0.2) is 0 Å². The van der Waals surface area contributed by atoms with E-state index in [1.165, 1.54) is 4.90 Å². The molecule has 2 unspecified atom stereocenters. The van der Waals surface area contributed by atoms with Crippen LogP contribution in [0.2, 0.25) is 0 Å². The molecule has 2 fully saturated rings. The Kier molecular flexibility index (Phi) is 4.81. The van der Waals surface area contributed by atoms with Crippen LogP contribution in [0.1, 0.15) is 33.1 Å². The maximum absolute atomic E-state index is 12.7. The molecule has 1 heterocycles. The summed E-state index contributed by atoms with van der Waals surface area (Å²) in [6.45, 7) is 3.11. The van der Waals surface area contributed by atoms with Crippen LogP contribution in [0, 0.1) is 5.92 Å². The molecule has 0 aromatic carbocycles. The number of hydrogen-bond acceptors (Lipinski definition) is 3. The Morgan fingerprint density at radius 3 is 2.62 bits per heavy atom. The summed E-state index contributed by atoms with van der Waals surface area (Å²) in [6.07, 6.45) is -0.180. The lowest BCUT2D eigenvalue weighted by Gasteiger charge is -2.44. The number of rotatable bonds is 7. The second kappa shape index (κ2) is 6.25. The van der Waals surface area contributed by atoms with Gasteiger partial charge in [-0.25, -0.2) is 8.78 Å². The Labute approximate surface area is 123 Å². The molecule has 0 spiro atoms. The molecule has 21 heavy (non-hydrogen) atoms. The molecule has 7 heteroatoms. The van der Waals surface area contributed by atoms with E-state index in [1.807, 2.05) is 6.92 Å². The summed E-state index contributed by atoms with van der Waals surface area (Å²) in [5, 5.41) is 2.85. The predicted molar refractivity (Wildman–Crippen MR) is 71.9 cm³/mol. The Balaban J connectivity index is 2.02. The summed E-state index contributed by atoms with van der Waals surface area (Å²) >= 11 is 0. The van der Waals surface area contributed by atoms with Crippen LogP contribution in [0.25, 0.3) is 0 Å². The van der Waals surface area contributed by atoms with E-state index in [9.17, 15) is 18.4 Å². The second-order valence-electron chi connectivity index (χ2n) is 5.85. The van der Waals surface area contributed by atoms with Crippen LogP contribution in [-0.2, 0) is 14.3 Å². The number of halogens is 2.